The summed E-state index contributed by atoms with van der Waals surface area (Å²) in [7, 11) is 0. The molecule has 28 heavy (non-hydrogen) atoms. The molecule has 1 saturated heterocycles. The first-order chi connectivity index (χ1) is 13.5. The Morgan fingerprint density at radius 3 is 2.96 bits per heavy atom. The molecular weight excluding hydrogens is 382 g/mol. The van der Waals surface area contributed by atoms with Crippen LogP contribution in [0, 0.1) is 13.8 Å². The molecule has 2 aromatic heterocycles. The summed E-state index contributed by atoms with van der Waals surface area (Å²) >= 11 is 1.30. The summed E-state index contributed by atoms with van der Waals surface area (Å²) in [6, 6.07) is 5.16. The number of hydrogen-bond donors (Lipinski definition) is 1. The normalized spacial score (nSPS) is 16.4. The minimum atomic E-state index is -0.377. The van der Waals surface area contributed by atoms with E-state index in [4.69, 9.17) is 13.9 Å². The maximum atomic E-state index is 12.1. The van der Waals surface area contributed by atoms with Crippen LogP contribution in [-0.4, -0.2) is 29.3 Å². The summed E-state index contributed by atoms with van der Waals surface area (Å²) in [5.74, 6) is 0.0861. The van der Waals surface area contributed by atoms with E-state index in [-0.39, 0.29) is 24.2 Å². The fourth-order valence-electron chi connectivity index (χ4n) is 3.01. The number of nitrogens with zero attached hydrogens (tertiary/aromatic N) is 2. The molecule has 0 spiro atoms. The molecule has 3 aromatic rings. The molecule has 4 rings (SSSR count). The number of hydrogen-bond acceptors (Lipinski definition) is 8. The maximum absolute atomic E-state index is 12.1. The van der Waals surface area contributed by atoms with E-state index in [2.05, 4.69) is 15.5 Å². The third-order valence-electron chi connectivity index (χ3n) is 4.69. The number of aryl methyl sites for hydroxylation is 1. The molecule has 0 saturated carbocycles. The fourth-order valence-corrected chi connectivity index (χ4v) is 3.85. The van der Waals surface area contributed by atoms with Gasteiger partial charge in [0.25, 0.3) is 5.91 Å². The number of carbonyl (C=O) groups excluding carboxylic acids is 1. The lowest BCUT2D eigenvalue weighted by atomic mass is 10.1. The van der Waals surface area contributed by atoms with E-state index < -0.39 is 0 Å². The van der Waals surface area contributed by atoms with Crippen molar-refractivity contribution in [3.05, 3.63) is 44.8 Å². The topological polar surface area (TPSA) is 104 Å². The van der Waals surface area contributed by atoms with Crippen LogP contribution in [0.5, 0.6) is 5.75 Å². The van der Waals surface area contributed by atoms with Crippen molar-refractivity contribution in [3.63, 3.8) is 0 Å². The molecule has 9 heteroatoms. The molecule has 1 aromatic carbocycles. The van der Waals surface area contributed by atoms with Crippen molar-refractivity contribution < 1.29 is 18.7 Å². The van der Waals surface area contributed by atoms with Crippen LogP contribution in [0.4, 0.5) is 5.13 Å². The number of nitrogens with one attached hydrogen (secondary N) is 1. The van der Waals surface area contributed by atoms with Gasteiger partial charge < -0.3 is 13.9 Å². The molecule has 0 aliphatic carbocycles. The first-order valence-corrected chi connectivity index (χ1v) is 9.74. The summed E-state index contributed by atoms with van der Waals surface area (Å²) in [5, 5.41) is 12.7. The van der Waals surface area contributed by atoms with Gasteiger partial charge in [-0.15, -0.1) is 10.2 Å². The molecule has 0 bridgehead atoms. The number of amides is 1. The molecule has 1 atom stereocenters. The number of fused-ring (bicyclic) bond motifs is 1. The van der Waals surface area contributed by atoms with Crippen LogP contribution < -0.4 is 15.7 Å². The standard InChI is InChI=1S/C19H19N3O5S/c1-10-11(2)18(24)27-15-8-12(5-6-13(10)15)26-9-16(23)20-19-22-21-17(28-19)14-4-3-7-25-14/h5-6,8,14H,3-4,7,9H2,1-2H3,(H,20,22,23)/t14-/m0/s1. The summed E-state index contributed by atoms with van der Waals surface area (Å²) < 4.78 is 16.4. The Kier molecular flexibility index (Phi) is 5.10. The van der Waals surface area contributed by atoms with Crippen LogP contribution in [0.1, 0.15) is 35.1 Å². The second kappa shape index (κ2) is 7.69. The minimum Gasteiger partial charge on any atom is -0.484 e. The first-order valence-electron chi connectivity index (χ1n) is 8.93. The molecular formula is C19H19N3O5S. The summed E-state index contributed by atoms with van der Waals surface area (Å²) in [5.41, 5.74) is 1.50. The SMILES string of the molecule is Cc1c(C)c2ccc(OCC(=O)Nc3nnc([C@@H]4CCCO4)s3)cc2oc1=O. The Morgan fingerprint density at radius 2 is 2.18 bits per heavy atom. The van der Waals surface area contributed by atoms with Gasteiger partial charge in [0.2, 0.25) is 5.13 Å². The quantitative estimate of drug-likeness (QED) is 0.655. The maximum Gasteiger partial charge on any atom is 0.339 e. The van der Waals surface area contributed by atoms with Crippen LogP contribution in [-0.2, 0) is 9.53 Å². The van der Waals surface area contributed by atoms with E-state index >= 15 is 0 Å². The van der Waals surface area contributed by atoms with Crippen LogP contribution in [0.25, 0.3) is 11.0 Å². The average molecular weight is 401 g/mol. The number of ether oxygens (including phenoxy) is 2. The Balaban J connectivity index is 1.39. The van der Waals surface area contributed by atoms with Crippen molar-refractivity contribution in [1.82, 2.24) is 10.2 Å². The Bertz CT molecular complexity index is 1080. The third kappa shape index (κ3) is 3.76. The zero-order valence-electron chi connectivity index (χ0n) is 15.5. The van der Waals surface area contributed by atoms with Crippen molar-refractivity contribution in [2.24, 2.45) is 0 Å². The predicted molar refractivity (Wildman–Crippen MR) is 104 cm³/mol. The largest absolute Gasteiger partial charge is 0.484 e. The van der Waals surface area contributed by atoms with Crippen molar-refractivity contribution in [2.75, 3.05) is 18.5 Å². The van der Waals surface area contributed by atoms with Crippen LogP contribution in [0.2, 0.25) is 0 Å². The fraction of sp³-hybridized carbons (Fsp3) is 0.368. The molecule has 0 radical (unpaired) electrons. The second-order valence-electron chi connectivity index (χ2n) is 6.58. The highest BCUT2D eigenvalue weighted by Crippen LogP contribution is 2.31. The zero-order valence-corrected chi connectivity index (χ0v) is 16.3. The average Bonchev–Trinajstić information content (AvgIpc) is 3.36. The molecule has 1 aliphatic rings. The highest BCUT2D eigenvalue weighted by atomic mass is 32.1. The summed E-state index contributed by atoms with van der Waals surface area (Å²) in [4.78, 5) is 24.0. The van der Waals surface area contributed by atoms with Gasteiger partial charge >= 0.3 is 5.63 Å². The van der Waals surface area contributed by atoms with Crippen LogP contribution in [0.3, 0.4) is 0 Å². The molecule has 1 amide bonds. The zero-order chi connectivity index (χ0) is 19.7. The smallest absolute Gasteiger partial charge is 0.339 e. The second-order valence-corrected chi connectivity index (χ2v) is 7.59. The van der Waals surface area contributed by atoms with E-state index in [0.29, 0.717) is 22.0 Å². The van der Waals surface area contributed by atoms with E-state index in [1.807, 2.05) is 13.0 Å². The van der Waals surface area contributed by atoms with E-state index in [1.54, 1.807) is 19.1 Å². The first kappa shape index (κ1) is 18.6. The number of rotatable bonds is 5. The van der Waals surface area contributed by atoms with Gasteiger partial charge in [-0.05, 0) is 44.4 Å². The summed E-state index contributed by atoms with van der Waals surface area (Å²) in [6.45, 7) is 4.13. The predicted octanol–water partition coefficient (Wildman–Crippen LogP) is 3.13. The Labute approximate surface area is 164 Å². The molecule has 8 nitrogen and oxygen atoms in total. The molecule has 1 aliphatic heterocycles. The van der Waals surface area contributed by atoms with Crippen molar-refractivity contribution >= 4 is 33.3 Å². The molecule has 1 N–H and O–H groups in total. The molecule has 146 valence electrons. The van der Waals surface area contributed by atoms with E-state index in [0.717, 1.165) is 35.4 Å². The lowest BCUT2D eigenvalue weighted by Crippen LogP contribution is -2.20. The van der Waals surface area contributed by atoms with E-state index in [9.17, 15) is 9.59 Å². The lowest BCUT2D eigenvalue weighted by Gasteiger charge is -2.08. The van der Waals surface area contributed by atoms with Crippen molar-refractivity contribution in [2.45, 2.75) is 32.8 Å². The monoisotopic (exact) mass is 401 g/mol. The van der Waals surface area contributed by atoms with Gasteiger partial charge in [-0.25, -0.2) is 4.79 Å². The van der Waals surface area contributed by atoms with E-state index in [1.165, 1.54) is 11.3 Å². The van der Waals surface area contributed by atoms with Gasteiger partial charge in [-0.3, -0.25) is 10.1 Å². The Morgan fingerprint density at radius 1 is 1.32 bits per heavy atom. The van der Waals surface area contributed by atoms with Crippen LogP contribution >= 0.6 is 11.3 Å². The highest BCUT2D eigenvalue weighted by Gasteiger charge is 2.22. The van der Waals surface area contributed by atoms with Crippen molar-refractivity contribution in [1.29, 1.82) is 0 Å². The minimum absolute atomic E-state index is 0.0289. The molecule has 0 unspecified atom stereocenters. The van der Waals surface area contributed by atoms with Crippen molar-refractivity contribution in [3.8, 4) is 5.75 Å². The van der Waals surface area contributed by atoms with Gasteiger partial charge in [0, 0.05) is 23.6 Å². The lowest BCUT2D eigenvalue weighted by molar-refractivity contribution is -0.118. The highest BCUT2D eigenvalue weighted by molar-refractivity contribution is 7.15. The number of carbonyl (C=O) groups is 1. The van der Waals surface area contributed by atoms with Gasteiger partial charge in [-0.1, -0.05) is 11.3 Å². The number of aromatic nitrogens is 2. The summed E-state index contributed by atoms with van der Waals surface area (Å²) in [6.07, 6.45) is 1.90. The third-order valence-corrected chi connectivity index (χ3v) is 5.62. The molecule has 1 fully saturated rings. The van der Waals surface area contributed by atoms with Crippen LogP contribution in [0.15, 0.2) is 27.4 Å². The van der Waals surface area contributed by atoms with Gasteiger partial charge in [0.05, 0.1) is 0 Å². The van der Waals surface area contributed by atoms with Gasteiger partial charge in [0.15, 0.2) is 6.61 Å². The van der Waals surface area contributed by atoms with Gasteiger partial charge in [0.1, 0.15) is 22.4 Å². The number of anilines is 1. The Hall–Kier alpha value is -2.78. The molecule has 3 heterocycles. The number of benzene rings is 1. The van der Waals surface area contributed by atoms with Gasteiger partial charge in [-0.2, -0.15) is 0 Å².